The van der Waals surface area contributed by atoms with Gasteiger partial charge >= 0.3 is 0 Å². The molecule has 0 spiro atoms. The second-order valence-electron chi connectivity index (χ2n) is 7.99. The number of nitrogens with zero attached hydrogens (tertiary/aromatic N) is 3. The van der Waals surface area contributed by atoms with Crippen LogP contribution in [-0.2, 0) is 20.8 Å². The summed E-state index contributed by atoms with van der Waals surface area (Å²) >= 11 is 0. The molecule has 1 amide bonds. The minimum Gasteiger partial charge on any atom is -0.394 e. The third-order valence-electron chi connectivity index (χ3n) is 5.52. The van der Waals surface area contributed by atoms with E-state index in [9.17, 15) is 9.90 Å². The van der Waals surface area contributed by atoms with E-state index in [0.717, 1.165) is 5.56 Å². The first-order chi connectivity index (χ1) is 14.0. The van der Waals surface area contributed by atoms with Crippen molar-refractivity contribution in [3.8, 4) is 0 Å². The molecule has 0 radical (unpaired) electrons. The van der Waals surface area contributed by atoms with E-state index in [1.54, 1.807) is 15.8 Å². The molecular formula is C20H24N4O5. The molecule has 154 valence electrons. The summed E-state index contributed by atoms with van der Waals surface area (Å²) in [5, 5.41) is 13.0. The molecule has 3 aliphatic heterocycles. The van der Waals surface area contributed by atoms with E-state index in [1.165, 1.54) is 0 Å². The summed E-state index contributed by atoms with van der Waals surface area (Å²) in [5.74, 6) is -0.310. The van der Waals surface area contributed by atoms with Gasteiger partial charge in [0.1, 0.15) is 24.1 Å². The molecule has 3 aliphatic rings. The number of amides is 1. The molecule has 5 rings (SSSR count). The van der Waals surface area contributed by atoms with Gasteiger partial charge in [0.25, 0.3) is 5.91 Å². The highest BCUT2D eigenvalue weighted by atomic mass is 16.8. The standard InChI is InChI=1S/C20H24N4O5/c1-20(2)28-15-13(9-25)27-19(16(15)29-20)24-11-21-14-17(24)22-10-23(18(14)26)8-12-6-4-3-5-7-12/h3-7,11,13,15-16,19,22,25H,8-10H2,1-2H3/t13-,15-,16-,19-/m1/s1. The maximum Gasteiger partial charge on any atom is 0.278 e. The van der Waals surface area contributed by atoms with Crippen molar-refractivity contribution in [2.24, 2.45) is 0 Å². The predicted molar refractivity (Wildman–Crippen MR) is 102 cm³/mol. The Kier molecular flexibility index (Phi) is 4.36. The Morgan fingerprint density at radius 2 is 2.00 bits per heavy atom. The average Bonchev–Trinajstić information content (AvgIpc) is 3.35. The third kappa shape index (κ3) is 3.10. The fourth-order valence-corrected chi connectivity index (χ4v) is 4.24. The monoisotopic (exact) mass is 400 g/mol. The summed E-state index contributed by atoms with van der Waals surface area (Å²) in [4.78, 5) is 19.0. The molecule has 2 fully saturated rings. The van der Waals surface area contributed by atoms with Gasteiger partial charge in [0.05, 0.1) is 19.6 Å². The van der Waals surface area contributed by atoms with Crippen LogP contribution in [0, 0.1) is 0 Å². The number of anilines is 1. The van der Waals surface area contributed by atoms with Crippen LogP contribution in [0.3, 0.4) is 0 Å². The number of carbonyl (C=O) groups is 1. The summed E-state index contributed by atoms with van der Waals surface area (Å²) in [7, 11) is 0. The molecule has 4 atom stereocenters. The Labute approximate surface area is 168 Å². The molecule has 0 aliphatic carbocycles. The largest absolute Gasteiger partial charge is 0.394 e. The number of benzene rings is 1. The van der Waals surface area contributed by atoms with Gasteiger partial charge in [-0.25, -0.2) is 4.98 Å². The van der Waals surface area contributed by atoms with E-state index in [2.05, 4.69) is 10.3 Å². The van der Waals surface area contributed by atoms with Crippen molar-refractivity contribution in [2.45, 2.75) is 50.7 Å². The lowest BCUT2D eigenvalue weighted by Gasteiger charge is -2.30. The minimum atomic E-state index is -0.763. The molecule has 2 saturated heterocycles. The number of hydrogen-bond acceptors (Lipinski definition) is 7. The molecule has 2 N–H and O–H groups in total. The van der Waals surface area contributed by atoms with E-state index >= 15 is 0 Å². The van der Waals surface area contributed by atoms with Crippen LogP contribution in [0.5, 0.6) is 0 Å². The first-order valence-corrected chi connectivity index (χ1v) is 9.73. The number of carbonyl (C=O) groups excluding carboxylic acids is 1. The van der Waals surface area contributed by atoms with Crippen molar-refractivity contribution in [1.82, 2.24) is 14.5 Å². The van der Waals surface area contributed by atoms with Crippen LogP contribution in [0.25, 0.3) is 0 Å². The first-order valence-electron chi connectivity index (χ1n) is 9.73. The van der Waals surface area contributed by atoms with E-state index < -0.39 is 24.2 Å². The summed E-state index contributed by atoms with van der Waals surface area (Å²) in [6.45, 7) is 4.36. The zero-order valence-electron chi connectivity index (χ0n) is 16.3. The number of nitrogens with one attached hydrogen (secondary N) is 1. The number of imidazole rings is 1. The van der Waals surface area contributed by atoms with Crippen molar-refractivity contribution in [2.75, 3.05) is 18.6 Å². The van der Waals surface area contributed by atoms with Crippen LogP contribution >= 0.6 is 0 Å². The fourth-order valence-electron chi connectivity index (χ4n) is 4.24. The first kappa shape index (κ1) is 18.6. The predicted octanol–water partition coefficient (Wildman–Crippen LogP) is 1.32. The summed E-state index contributed by atoms with van der Waals surface area (Å²) in [6, 6.07) is 9.83. The zero-order chi connectivity index (χ0) is 20.2. The quantitative estimate of drug-likeness (QED) is 0.799. The van der Waals surface area contributed by atoms with Crippen LogP contribution in [0.2, 0.25) is 0 Å². The van der Waals surface area contributed by atoms with E-state index in [0.29, 0.717) is 24.7 Å². The average molecular weight is 400 g/mol. The molecule has 0 saturated carbocycles. The Bertz CT molecular complexity index is 915. The van der Waals surface area contributed by atoms with Gasteiger partial charge in [0.2, 0.25) is 0 Å². The van der Waals surface area contributed by atoms with Crippen LogP contribution in [0.1, 0.15) is 36.1 Å². The highest BCUT2D eigenvalue weighted by Gasteiger charge is 2.56. The SMILES string of the molecule is CC1(C)O[C@@H]2[C@H](O1)[C@@H](CO)O[C@H]2n1cnc2c1NCN(Cc1ccccc1)C2=O. The van der Waals surface area contributed by atoms with E-state index in [4.69, 9.17) is 14.2 Å². The van der Waals surface area contributed by atoms with Crippen molar-refractivity contribution in [3.63, 3.8) is 0 Å². The van der Waals surface area contributed by atoms with Crippen LogP contribution in [-0.4, -0.2) is 62.8 Å². The maximum atomic E-state index is 13.0. The Morgan fingerprint density at radius 1 is 1.24 bits per heavy atom. The number of ether oxygens (including phenoxy) is 3. The third-order valence-corrected chi connectivity index (χ3v) is 5.52. The molecule has 9 heteroatoms. The minimum absolute atomic E-state index is 0.140. The van der Waals surface area contributed by atoms with Gasteiger partial charge in [-0.05, 0) is 19.4 Å². The lowest BCUT2D eigenvalue weighted by atomic mass is 10.1. The Morgan fingerprint density at radius 3 is 2.76 bits per heavy atom. The van der Waals surface area contributed by atoms with Gasteiger partial charge < -0.3 is 29.5 Å². The van der Waals surface area contributed by atoms with Crippen molar-refractivity contribution in [1.29, 1.82) is 0 Å². The molecule has 2 aromatic rings. The molecule has 1 aromatic heterocycles. The maximum absolute atomic E-state index is 13.0. The molecular weight excluding hydrogens is 376 g/mol. The molecule has 1 aromatic carbocycles. The van der Waals surface area contributed by atoms with E-state index in [-0.39, 0.29) is 18.6 Å². The van der Waals surface area contributed by atoms with Crippen molar-refractivity contribution in [3.05, 3.63) is 47.9 Å². The second kappa shape index (κ2) is 6.81. The van der Waals surface area contributed by atoms with Gasteiger partial charge in [-0.15, -0.1) is 0 Å². The molecule has 0 unspecified atom stereocenters. The Balaban J connectivity index is 1.40. The van der Waals surface area contributed by atoms with Gasteiger partial charge in [-0.2, -0.15) is 0 Å². The highest BCUT2D eigenvalue weighted by Crippen LogP contribution is 2.44. The smallest absolute Gasteiger partial charge is 0.278 e. The number of hydrogen-bond donors (Lipinski definition) is 2. The van der Waals surface area contributed by atoms with Crippen LogP contribution < -0.4 is 5.32 Å². The summed E-state index contributed by atoms with van der Waals surface area (Å²) < 4.78 is 19.7. The molecule has 4 heterocycles. The fraction of sp³-hybridized carbons (Fsp3) is 0.500. The number of rotatable bonds is 4. The normalized spacial score (nSPS) is 30.2. The zero-order valence-corrected chi connectivity index (χ0v) is 16.3. The number of aliphatic hydroxyl groups excluding tert-OH is 1. The van der Waals surface area contributed by atoms with Gasteiger partial charge in [0.15, 0.2) is 17.7 Å². The Hall–Kier alpha value is -2.46. The van der Waals surface area contributed by atoms with Crippen LogP contribution in [0.4, 0.5) is 5.82 Å². The van der Waals surface area contributed by atoms with Crippen molar-refractivity contribution < 1.29 is 24.1 Å². The number of aliphatic hydroxyl groups is 1. The van der Waals surface area contributed by atoms with Crippen molar-refractivity contribution >= 4 is 11.7 Å². The topological polar surface area (TPSA) is 98.1 Å². The van der Waals surface area contributed by atoms with Crippen LogP contribution in [0.15, 0.2) is 36.7 Å². The molecule has 29 heavy (non-hydrogen) atoms. The molecule has 9 nitrogen and oxygen atoms in total. The number of aromatic nitrogens is 2. The second-order valence-corrected chi connectivity index (χ2v) is 7.99. The van der Waals surface area contributed by atoms with E-state index in [1.807, 2.05) is 44.2 Å². The van der Waals surface area contributed by atoms with Gasteiger partial charge in [-0.1, -0.05) is 30.3 Å². The highest BCUT2D eigenvalue weighted by molar-refractivity contribution is 5.98. The lowest BCUT2D eigenvalue weighted by molar-refractivity contribution is -0.199. The molecule has 0 bridgehead atoms. The van der Waals surface area contributed by atoms with Gasteiger partial charge in [-0.3, -0.25) is 9.36 Å². The number of fused-ring (bicyclic) bond motifs is 2. The lowest BCUT2D eigenvalue weighted by Crippen LogP contribution is -2.40. The summed E-state index contributed by atoms with van der Waals surface area (Å²) in [6.07, 6.45) is -0.251. The van der Waals surface area contributed by atoms with Gasteiger partial charge in [0, 0.05) is 6.54 Å². The summed E-state index contributed by atoms with van der Waals surface area (Å²) in [5.41, 5.74) is 1.40.